The van der Waals surface area contributed by atoms with Crippen molar-refractivity contribution in [2.24, 2.45) is 5.92 Å². The van der Waals surface area contributed by atoms with Gasteiger partial charge in [-0.3, -0.25) is 10.1 Å². The number of methoxy groups -OCH3 is 1. The van der Waals surface area contributed by atoms with Crippen LogP contribution in [-0.2, 0) is 0 Å². The number of non-ortho nitro benzene ring substituents is 1. The second-order valence-corrected chi connectivity index (χ2v) is 4.80. The van der Waals surface area contributed by atoms with Crippen LogP contribution in [0.2, 0.25) is 0 Å². The van der Waals surface area contributed by atoms with Crippen molar-refractivity contribution in [2.75, 3.05) is 12.4 Å². The van der Waals surface area contributed by atoms with Gasteiger partial charge in [0.2, 0.25) is 0 Å². The molecule has 1 N–H and O–H groups in total. The van der Waals surface area contributed by atoms with Crippen molar-refractivity contribution in [3.05, 3.63) is 28.3 Å². The van der Waals surface area contributed by atoms with Crippen LogP contribution in [0.1, 0.15) is 26.2 Å². The Kier molecular flexibility index (Phi) is 3.69. The Bertz CT molecular complexity index is 444. The summed E-state index contributed by atoms with van der Waals surface area (Å²) in [5.41, 5.74) is 0.804. The van der Waals surface area contributed by atoms with E-state index in [0.717, 1.165) is 5.69 Å². The van der Waals surface area contributed by atoms with E-state index in [1.807, 2.05) is 0 Å². The minimum atomic E-state index is -0.401. The van der Waals surface area contributed by atoms with Crippen LogP contribution in [0.3, 0.4) is 0 Å². The maximum absolute atomic E-state index is 10.8. The maximum atomic E-state index is 10.8. The molecule has 98 valence electrons. The van der Waals surface area contributed by atoms with E-state index in [-0.39, 0.29) is 5.69 Å². The number of ether oxygens (including phenoxy) is 1. The molecular formula is C13H18N2O3. The van der Waals surface area contributed by atoms with E-state index >= 15 is 0 Å². The van der Waals surface area contributed by atoms with Gasteiger partial charge < -0.3 is 10.1 Å². The minimum Gasteiger partial charge on any atom is -0.496 e. The Hall–Kier alpha value is -1.78. The third kappa shape index (κ3) is 2.72. The molecule has 1 atom stereocenters. The molecule has 0 aliphatic heterocycles. The summed E-state index contributed by atoms with van der Waals surface area (Å²) in [5, 5.41) is 14.2. The lowest BCUT2D eigenvalue weighted by Gasteiger charge is -2.32. The van der Waals surface area contributed by atoms with Crippen molar-refractivity contribution in [1.29, 1.82) is 0 Å². The summed E-state index contributed by atoms with van der Waals surface area (Å²) in [6.07, 6.45) is 3.76. The second-order valence-electron chi connectivity index (χ2n) is 4.80. The van der Waals surface area contributed by atoms with Crippen molar-refractivity contribution in [2.45, 2.75) is 32.2 Å². The number of rotatable bonds is 5. The zero-order valence-electron chi connectivity index (χ0n) is 10.7. The van der Waals surface area contributed by atoms with Gasteiger partial charge in [0, 0.05) is 23.9 Å². The fourth-order valence-electron chi connectivity index (χ4n) is 2.21. The van der Waals surface area contributed by atoms with Gasteiger partial charge in [0.1, 0.15) is 5.75 Å². The Morgan fingerprint density at radius 1 is 1.44 bits per heavy atom. The van der Waals surface area contributed by atoms with E-state index in [2.05, 4.69) is 12.2 Å². The molecule has 5 nitrogen and oxygen atoms in total. The first-order chi connectivity index (χ1) is 8.60. The zero-order chi connectivity index (χ0) is 13.1. The normalized spacial score (nSPS) is 16.8. The molecule has 0 bridgehead atoms. The first-order valence-corrected chi connectivity index (χ1v) is 6.20. The predicted octanol–water partition coefficient (Wildman–Crippen LogP) is 3.20. The number of nitrogens with zero attached hydrogens (tertiary/aromatic N) is 1. The van der Waals surface area contributed by atoms with Crippen LogP contribution in [-0.4, -0.2) is 18.1 Å². The number of hydrogen-bond donors (Lipinski definition) is 1. The van der Waals surface area contributed by atoms with Gasteiger partial charge in [-0.2, -0.15) is 0 Å². The molecule has 1 aliphatic rings. The Balaban J connectivity index is 2.15. The van der Waals surface area contributed by atoms with E-state index in [0.29, 0.717) is 17.7 Å². The van der Waals surface area contributed by atoms with Crippen LogP contribution < -0.4 is 10.1 Å². The molecule has 1 saturated carbocycles. The SMILES string of the molecule is COc1cc(NC(C)C2CCC2)cc([N+](=O)[O-])c1. The van der Waals surface area contributed by atoms with E-state index in [1.165, 1.54) is 32.4 Å². The number of nitrogens with one attached hydrogen (secondary N) is 1. The molecule has 1 aliphatic carbocycles. The predicted molar refractivity (Wildman–Crippen MR) is 70.1 cm³/mol. The lowest BCUT2D eigenvalue weighted by molar-refractivity contribution is -0.384. The first kappa shape index (κ1) is 12.7. The third-order valence-corrected chi connectivity index (χ3v) is 3.59. The molecule has 0 radical (unpaired) electrons. The minimum absolute atomic E-state index is 0.0534. The number of hydrogen-bond acceptors (Lipinski definition) is 4. The summed E-state index contributed by atoms with van der Waals surface area (Å²) in [6.45, 7) is 2.12. The molecule has 1 aromatic carbocycles. The van der Waals surface area contributed by atoms with Gasteiger partial charge in [-0.1, -0.05) is 6.42 Å². The summed E-state index contributed by atoms with van der Waals surface area (Å²) < 4.78 is 5.08. The monoisotopic (exact) mass is 250 g/mol. The van der Waals surface area contributed by atoms with Crippen molar-refractivity contribution in [3.63, 3.8) is 0 Å². The van der Waals surface area contributed by atoms with Crippen molar-refractivity contribution in [3.8, 4) is 5.75 Å². The van der Waals surface area contributed by atoms with Gasteiger partial charge >= 0.3 is 0 Å². The molecule has 0 aromatic heterocycles. The van der Waals surface area contributed by atoms with Crippen LogP contribution in [0, 0.1) is 16.0 Å². The van der Waals surface area contributed by atoms with Crippen LogP contribution in [0.25, 0.3) is 0 Å². The van der Waals surface area contributed by atoms with Gasteiger partial charge in [-0.25, -0.2) is 0 Å². The maximum Gasteiger partial charge on any atom is 0.275 e. The van der Waals surface area contributed by atoms with Crippen LogP contribution >= 0.6 is 0 Å². The smallest absolute Gasteiger partial charge is 0.275 e. The highest BCUT2D eigenvalue weighted by Gasteiger charge is 2.24. The Labute approximate surface area is 106 Å². The van der Waals surface area contributed by atoms with Gasteiger partial charge in [0.05, 0.1) is 18.1 Å². The fraction of sp³-hybridized carbons (Fsp3) is 0.538. The quantitative estimate of drug-likeness (QED) is 0.643. The Morgan fingerprint density at radius 3 is 2.67 bits per heavy atom. The lowest BCUT2D eigenvalue weighted by atomic mass is 9.80. The van der Waals surface area contributed by atoms with Crippen molar-refractivity contribution in [1.82, 2.24) is 0 Å². The number of benzene rings is 1. The molecule has 0 amide bonds. The largest absolute Gasteiger partial charge is 0.496 e. The first-order valence-electron chi connectivity index (χ1n) is 6.20. The van der Waals surface area contributed by atoms with E-state index < -0.39 is 4.92 Å². The fourth-order valence-corrected chi connectivity index (χ4v) is 2.21. The molecular weight excluding hydrogens is 232 g/mol. The highest BCUT2D eigenvalue weighted by Crippen LogP contribution is 2.32. The number of anilines is 1. The average molecular weight is 250 g/mol. The molecule has 1 fully saturated rings. The Morgan fingerprint density at radius 2 is 2.17 bits per heavy atom. The topological polar surface area (TPSA) is 64.4 Å². The second kappa shape index (κ2) is 5.25. The highest BCUT2D eigenvalue weighted by molar-refractivity contribution is 5.56. The van der Waals surface area contributed by atoms with E-state index in [9.17, 15) is 10.1 Å². The van der Waals surface area contributed by atoms with Crippen LogP contribution in [0.15, 0.2) is 18.2 Å². The zero-order valence-corrected chi connectivity index (χ0v) is 10.7. The molecule has 1 aromatic rings. The molecule has 18 heavy (non-hydrogen) atoms. The standard InChI is InChI=1S/C13H18N2O3/c1-9(10-4-3-5-10)14-11-6-12(15(16)17)8-13(7-11)18-2/h6-10,14H,3-5H2,1-2H3. The number of nitro groups is 1. The summed E-state index contributed by atoms with van der Waals surface area (Å²) in [7, 11) is 1.51. The molecule has 2 rings (SSSR count). The average Bonchev–Trinajstić information content (AvgIpc) is 2.25. The van der Waals surface area contributed by atoms with Crippen LogP contribution in [0.5, 0.6) is 5.75 Å². The molecule has 5 heteroatoms. The van der Waals surface area contributed by atoms with Crippen molar-refractivity contribution >= 4 is 11.4 Å². The highest BCUT2D eigenvalue weighted by atomic mass is 16.6. The van der Waals surface area contributed by atoms with Crippen LogP contribution in [0.4, 0.5) is 11.4 Å². The van der Waals surface area contributed by atoms with Gasteiger partial charge in [0.25, 0.3) is 5.69 Å². The summed E-state index contributed by atoms with van der Waals surface area (Å²) in [6, 6.07) is 5.12. The van der Waals surface area contributed by atoms with Gasteiger partial charge in [-0.15, -0.1) is 0 Å². The summed E-state index contributed by atoms with van der Waals surface area (Å²) in [5.74, 6) is 1.18. The summed E-state index contributed by atoms with van der Waals surface area (Å²) >= 11 is 0. The molecule has 0 spiro atoms. The third-order valence-electron chi connectivity index (χ3n) is 3.59. The summed E-state index contributed by atoms with van der Waals surface area (Å²) in [4.78, 5) is 10.4. The lowest BCUT2D eigenvalue weighted by Crippen LogP contribution is -2.30. The van der Waals surface area contributed by atoms with Crippen molar-refractivity contribution < 1.29 is 9.66 Å². The van der Waals surface area contributed by atoms with E-state index in [1.54, 1.807) is 12.1 Å². The van der Waals surface area contributed by atoms with Gasteiger partial charge in [-0.05, 0) is 25.7 Å². The van der Waals surface area contributed by atoms with Gasteiger partial charge in [0.15, 0.2) is 0 Å². The molecule has 0 heterocycles. The number of nitro benzene ring substituents is 1. The molecule has 1 unspecified atom stereocenters. The van der Waals surface area contributed by atoms with E-state index in [4.69, 9.17) is 4.74 Å². The molecule has 0 saturated heterocycles.